The minimum Gasteiger partial charge on any atom is -0.455 e. The fraction of sp³-hybridized carbons (Fsp3) is 0.421. The standard InChI is InChI=1S/C19H19Cl2N3O3/c1-19(2,3)27-18(26)15-16-12-5-4-8-23(12)17(25)13-11(24(16)9-22-15)7-6-10(20)14(13)21/h6-7,9,12H,4-5,8H2,1-3H3/t12-/m0/s1. The first kappa shape index (κ1) is 18.3. The summed E-state index contributed by atoms with van der Waals surface area (Å²) in [7, 11) is 0. The van der Waals surface area contributed by atoms with E-state index in [0.717, 1.165) is 12.8 Å². The van der Waals surface area contributed by atoms with Gasteiger partial charge in [-0.25, -0.2) is 9.78 Å². The van der Waals surface area contributed by atoms with Crippen molar-refractivity contribution in [2.45, 2.75) is 45.3 Å². The van der Waals surface area contributed by atoms with Crippen molar-refractivity contribution in [2.24, 2.45) is 0 Å². The average Bonchev–Trinajstić information content (AvgIpc) is 3.19. The van der Waals surface area contributed by atoms with Gasteiger partial charge in [-0.2, -0.15) is 0 Å². The molecule has 4 rings (SSSR count). The lowest BCUT2D eigenvalue weighted by Crippen LogP contribution is -2.31. The smallest absolute Gasteiger partial charge is 0.359 e. The number of ether oxygens (including phenoxy) is 1. The molecule has 0 N–H and O–H groups in total. The molecule has 0 bridgehead atoms. The molecule has 1 atom stereocenters. The van der Waals surface area contributed by atoms with Crippen molar-refractivity contribution < 1.29 is 14.3 Å². The monoisotopic (exact) mass is 407 g/mol. The number of rotatable bonds is 1. The van der Waals surface area contributed by atoms with Crippen LogP contribution in [0.3, 0.4) is 0 Å². The van der Waals surface area contributed by atoms with E-state index in [1.54, 1.807) is 27.9 Å². The van der Waals surface area contributed by atoms with Crippen molar-refractivity contribution in [3.05, 3.63) is 45.5 Å². The summed E-state index contributed by atoms with van der Waals surface area (Å²) in [5.41, 5.74) is 1.16. The van der Waals surface area contributed by atoms with Crippen LogP contribution in [0.5, 0.6) is 0 Å². The van der Waals surface area contributed by atoms with Gasteiger partial charge in [-0.1, -0.05) is 23.2 Å². The Morgan fingerprint density at radius 3 is 2.74 bits per heavy atom. The van der Waals surface area contributed by atoms with E-state index in [1.165, 1.54) is 0 Å². The molecule has 6 nitrogen and oxygen atoms in total. The summed E-state index contributed by atoms with van der Waals surface area (Å²) in [5, 5.41) is 0.528. The van der Waals surface area contributed by atoms with Gasteiger partial charge in [-0.3, -0.25) is 9.36 Å². The third-order valence-electron chi connectivity index (χ3n) is 4.77. The largest absolute Gasteiger partial charge is 0.455 e. The molecule has 8 heteroatoms. The van der Waals surface area contributed by atoms with Gasteiger partial charge in [0.2, 0.25) is 0 Å². The number of amides is 1. The van der Waals surface area contributed by atoms with E-state index in [2.05, 4.69) is 4.98 Å². The molecule has 0 radical (unpaired) electrons. The summed E-state index contributed by atoms with van der Waals surface area (Å²) in [5.74, 6) is -0.683. The zero-order valence-electron chi connectivity index (χ0n) is 15.3. The van der Waals surface area contributed by atoms with Crippen LogP contribution in [0, 0.1) is 0 Å². The van der Waals surface area contributed by atoms with E-state index in [1.807, 2.05) is 20.8 Å². The van der Waals surface area contributed by atoms with Crippen LogP contribution >= 0.6 is 23.2 Å². The molecule has 1 amide bonds. The number of esters is 1. The third-order valence-corrected chi connectivity index (χ3v) is 5.58. The van der Waals surface area contributed by atoms with Crippen LogP contribution in [-0.2, 0) is 4.74 Å². The van der Waals surface area contributed by atoms with Crippen LogP contribution in [0.2, 0.25) is 10.0 Å². The van der Waals surface area contributed by atoms with Gasteiger partial charge in [-0.15, -0.1) is 0 Å². The van der Waals surface area contributed by atoms with E-state index in [0.29, 0.717) is 28.5 Å². The number of imidazole rings is 1. The Kier molecular flexibility index (Phi) is 4.24. The van der Waals surface area contributed by atoms with E-state index in [-0.39, 0.29) is 22.7 Å². The number of carbonyl (C=O) groups excluding carboxylic acids is 2. The Bertz CT molecular complexity index is 962. The molecular weight excluding hydrogens is 389 g/mol. The quantitative estimate of drug-likeness (QED) is 0.655. The molecular formula is C19H19Cl2N3O3. The molecule has 1 aromatic carbocycles. The highest BCUT2D eigenvalue weighted by atomic mass is 35.5. The number of nitrogens with zero attached hydrogens (tertiary/aromatic N) is 3. The first-order chi connectivity index (χ1) is 12.7. The average molecular weight is 408 g/mol. The molecule has 142 valence electrons. The topological polar surface area (TPSA) is 64.4 Å². The number of fused-ring (bicyclic) bond motifs is 5. The van der Waals surface area contributed by atoms with Crippen molar-refractivity contribution in [3.8, 4) is 5.69 Å². The van der Waals surface area contributed by atoms with Crippen LogP contribution in [0.25, 0.3) is 5.69 Å². The first-order valence-electron chi connectivity index (χ1n) is 8.79. The summed E-state index contributed by atoms with van der Waals surface area (Å²) in [6.07, 6.45) is 3.13. The number of carbonyl (C=O) groups is 2. The van der Waals surface area contributed by atoms with Gasteiger partial charge in [-0.05, 0) is 45.7 Å². The lowest BCUT2D eigenvalue weighted by atomic mass is 10.1. The highest BCUT2D eigenvalue weighted by Crippen LogP contribution is 2.43. The molecule has 0 aliphatic carbocycles. The van der Waals surface area contributed by atoms with Crippen molar-refractivity contribution >= 4 is 35.1 Å². The van der Waals surface area contributed by atoms with Crippen LogP contribution in [0.1, 0.15) is 66.2 Å². The zero-order chi connectivity index (χ0) is 19.5. The molecule has 2 aliphatic rings. The number of benzene rings is 1. The Morgan fingerprint density at radius 2 is 2.04 bits per heavy atom. The van der Waals surface area contributed by atoms with Crippen molar-refractivity contribution in [1.82, 2.24) is 14.5 Å². The Labute approximate surface area is 167 Å². The minimum absolute atomic E-state index is 0.182. The second-order valence-electron chi connectivity index (χ2n) is 7.76. The number of aromatic nitrogens is 2. The lowest BCUT2D eigenvalue weighted by Gasteiger charge is -2.24. The molecule has 1 aromatic heterocycles. The van der Waals surface area contributed by atoms with E-state index < -0.39 is 11.6 Å². The molecule has 0 spiro atoms. The van der Waals surface area contributed by atoms with Crippen molar-refractivity contribution in [3.63, 3.8) is 0 Å². The minimum atomic E-state index is -0.641. The maximum absolute atomic E-state index is 13.2. The van der Waals surface area contributed by atoms with Gasteiger partial charge in [0, 0.05) is 6.54 Å². The summed E-state index contributed by atoms with van der Waals surface area (Å²) >= 11 is 12.5. The SMILES string of the molecule is CC(C)(C)OC(=O)c1ncn2c1[C@@H]1CCCN1C(=O)c1c-2ccc(Cl)c1Cl. The lowest BCUT2D eigenvalue weighted by molar-refractivity contribution is 0.00596. The van der Waals surface area contributed by atoms with Gasteiger partial charge < -0.3 is 9.64 Å². The predicted octanol–water partition coefficient (Wildman–Crippen LogP) is 4.43. The Hall–Kier alpha value is -2.05. The second kappa shape index (κ2) is 6.24. The summed E-state index contributed by atoms with van der Waals surface area (Å²) in [6.45, 7) is 6.01. The molecule has 2 aliphatic heterocycles. The molecule has 1 saturated heterocycles. The van der Waals surface area contributed by atoms with Crippen LogP contribution in [0.15, 0.2) is 18.5 Å². The van der Waals surface area contributed by atoms with E-state index in [9.17, 15) is 9.59 Å². The van der Waals surface area contributed by atoms with Crippen molar-refractivity contribution in [1.29, 1.82) is 0 Å². The van der Waals surface area contributed by atoms with Gasteiger partial charge >= 0.3 is 5.97 Å². The predicted molar refractivity (Wildman–Crippen MR) is 102 cm³/mol. The zero-order valence-corrected chi connectivity index (χ0v) is 16.8. The van der Waals surface area contributed by atoms with E-state index in [4.69, 9.17) is 27.9 Å². The first-order valence-corrected chi connectivity index (χ1v) is 9.54. The fourth-order valence-electron chi connectivity index (χ4n) is 3.73. The Balaban J connectivity index is 1.94. The van der Waals surface area contributed by atoms with Crippen LogP contribution in [-0.4, -0.2) is 38.5 Å². The molecule has 27 heavy (non-hydrogen) atoms. The van der Waals surface area contributed by atoms with Gasteiger partial charge in [0.05, 0.1) is 33.0 Å². The second-order valence-corrected chi connectivity index (χ2v) is 8.55. The molecule has 2 aromatic rings. The summed E-state index contributed by atoms with van der Waals surface area (Å²) in [6, 6.07) is 3.11. The van der Waals surface area contributed by atoms with Gasteiger partial charge in [0.1, 0.15) is 11.9 Å². The normalized spacial score (nSPS) is 18.6. The van der Waals surface area contributed by atoms with Crippen LogP contribution in [0.4, 0.5) is 0 Å². The molecule has 1 fully saturated rings. The fourth-order valence-corrected chi connectivity index (χ4v) is 4.13. The number of halogens is 2. The maximum atomic E-state index is 13.2. The van der Waals surface area contributed by atoms with Crippen molar-refractivity contribution in [2.75, 3.05) is 6.54 Å². The molecule has 3 heterocycles. The van der Waals surface area contributed by atoms with Crippen LogP contribution < -0.4 is 0 Å². The highest BCUT2D eigenvalue weighted by molar-refractivity contribution is 6.44. The molecule has 0 saturated carbocycles. The summed E-state index contributed by atoms with van der Waals surface area (Å²) < 4.78 is 7.30. The maximum Gasteiger partial charge on any atom is 0.359 e. The highest BCUT2D eigenvalue weighted by Gasteiger charge is 2.41. The number of hydrogen-bond acceptors (Lipinski definition) is 4. The third kappa shape index (κ3) is 2.91. The summed E-state index contributed by atoms with van der Waals surface area (Å²) in [4.78, 5) is 32.0. The molecule has 0 unspecified atom stereocenters. The Morgan fingerprint density at radius 1 is 1.30 bits per heavy atom. The number of hydrogen-bond donors (Lipinski definition) is 0. The van der Waals surface area contributed by atoms with Gasteiger partial charge in [0.25, 0.3) is 5.91 Å². The van der Waals surface area contributed by atoms with Gasteiger partial charge in [0.15, 0.2) is 5.69 Å². The van der Waals surface area contributed by atoms with E-state index >= 15 is 0 Å².